The molecule has 0 spiro atoms. The largest absolute Gasteiger partial charge is 0.493 e. The van der Waals surface area contributed by atoms with Crippen molar-refractivity contribution in [3.8, 4) is 11.5 Å². The zero-order valence-electron chi connectivity index (χ0n) is 15.2. The first-order valence-corrected chi connectivity index (χ1v) is 9.08. The number of nitrogens with one attached hydrogen (secondary N) is 1. The summed E-state index contributed by atoms with van der Waals surface area (Å²) in [6.07, 6.45) is 3.62. The maximum atomic E-state index is 11.0. The molecule has 27 heavy (non-hydrogen) atoms. The SMILES string of the molecule is COc1cc(CN2CCNCC2c2ccncc2)cc(Cl)c1OCC(N)=O. The molecular formula is C19H23ClN4O3. The van der Waals surface area contributed by atoms with Gasteiger partial charge in [0.25, 0.3) is 5.91 Å². The second-order valence-corrected chi connectivity index (χ2v) is 6.74. The van der Waals surface area contributed by atoms with Gasteiger partial charge in [0.05, 0.1) is 12.1 Å². The van der Waals surface area contributed by atoms with Crippen molar-refractivity contribution >= 4 is 17.5 Å². The second-order valence-electron chi connectivity index (χ2n) is 6.33. The van der Waals surface area contributed by atoms with E-state index in [2.05, 4.69) is 15.2 Å². The molecule has 0 saturated carbocycles. The molecule has 1 unspecified atom stereocenters. The first-order chi connectivity index (χ1) is 13.1. The van der Waals surface area contributed by atoms with Crippen molar-refractivity contribution in [2.24, 2.45) is 5.73 Å². The number of hydrogen-bond donors (Lipinski definition) is 2. The topological polar surface area (TPSA) is 89.7 Å². The highest BCUT2D eigenvalue weighted by atomic mass is 35.5. The van der Waals surface area contributed by atoms with Gasteiger partial charge in [0.15, 0.2) is 18.1 Å². The molecule has 1 atom stereocenters. The minimum Gasteiger partial charge on any atom is -0.493 e. The lowest BCUT2D eigenvalue weighted by Crippen LogP contribution is -2.45. The fourth-order valence-electron chi connectivity index (χ4n) is 3.23. The van der Waals surface area contributed by atoms with Crippen LogP contribution < -0.4 is 20.5 Å². The number of pyridine rings is 1. The Morgan fingerprint density at radius 1 is 1.41 bits per heavy atom. The lowest BCUT2D eigenvalue weighted by molar-refractivity contribution is -0.119. The molecule has 3 N–H and O–H groups in total. The zero-order chi connectivity index (χ0) is 19.2. The maximum Gasteiger partial charge on any atom is 0.255 e. The number of ether oxygens (including phenoxy) is 2. The third-order valence-corrected chi connectivity index (χ3v) is 4.76. The van der Waals surface area contributed by atoms with Crippen molar-refractivity contribution in [3.63, 3.8) is 0 Å². The van der Waals surface area contributed by atoms with Gasteiger partial charge in [-0.05, 0) is 35.4 Å². The average Bonchev–Trinajstić information content (AvgIpc) is 2.67. The molecule has 1 aromatic carbocycles. The van der Waals surface area contributed by atoms with Crippen LogP contribution in [0.25, 0.3) is 0 Å². The summed E-state index contributed by atoms with van der Waals surface area (Å²) in [5.74, 6) is 0.236. The van der Waals surface area contributed by atoms with Crippen LogP contribution in [0.3, 0.4) is 0 Å². The molecule has 1 fully saturated rings. The Morgan fingerprint density at radius 3 is 2.89 bits per heavy atom. The number of aromatic nitrogens is 1. The van der Waals surface area contributed by atoms with Gasteiger partial charge in [-0.15, -0.1) is 0 Å². The first-order valence-electron chi connectivity index (χ1n) is 8.70. The summed E-state index contributed by atoms with van der Waals surface area (Å²) in [7, 11) is 1.54. The van der Waals surface area contributed by atoms with Crippen LogP contribution >= 0.6 is 11.6 Å². The Labute approximate surface area is 163 Å². The molecule has 0 aliphatic carbocycles. The van der Waals surface area contributed by atoms with Gasteiger partial charge >= 0.3 is 0 Å². The molecule has 7 nitrogen and oxygen atoms in total. The van der Waals surface area contributed by atoms with E-state index in [1.165, 1.54) is 12.7 Å². The Kier molecular flexibility index (Phi) is 6.49. The average molecular weight is 391 g/mol. The maximum absolute atomic E-state index is 11.0. The standard InChI is InChI=1S/C19H23ClN4O3/c1-26-17-9-13(8-15(20)19(17)27-12-18(21)25)11-24-7-6-23-10-16(24)14-2-4-22-5-3-14/h2-5,8-9,16,23H,6-7,10-12H2,1H3,(H2,21,25). The summed E-state index contributed by atoms with van der Waals surface area (Å²) in [5, 5.41) is 3.83. The number of halogens is 1. The van der Waals surface area contributed by atoms with Crippen LogP contribution in [0, 0.1) is 0 Å². The van der Waals surface area contributed by atoms with Gasteiger partial charge in [0.2, 0.25) is 0 Å². The molecule has 0 bridgehead atoms. The molecule has 144 valence electrons. The molecule has 8 heteroatoms. The van der Waals surface area contributed by atoms with Crippen LogP contribution in [-0.2, 0) is 11.3 Å². The van der Waals surface area contributed by atoms with Crippen molar-refractivity contribution in [2.45, 2.75) is 12.6 Å². The number of primary amides is 1. The minimum absolute atomic E-state index is 0.248. The minimum atomic E-state index is -0.571. The Morgan fingerprint density at radius 2 is 2.19 bits per heavy atom. The predicted octanol–water partition coefficient (Wildman–Crippen LogP) is 1.75. The Bertz CT molecular complexity index is 788. The number of carbonyl (C=O) groups excluding carboxylic acids is 1. The van der Waals surface area contributed by atoms with E-state index in [0.717, 1.165) is 25.2 Å². The molecule has 1 amide bonds. The van der Waals surface area contributed by atoms with E-state index in [4.69, 9.17) is 26.8 Å². The fourth-order valence-corrected chi connectivity index (χ4v) is 3.52. The van der Waals surface area contributed by atoms with Gasteiger partial charge in [-0.3, -0.25) is 14.7 Å². The van der Waals surface area contributed by atoms with Gasteiger partial charge in [0.1, 0.15) is 0 Å². The van der Waals surface area contributed by atoms with Crippen LogP contribution in [-0.4, -0.2) is 49.1 Å². The van der Waals surface area contributed by atoms with Crippen LogP contribution in [0.5, 0.6) is 11.5 Å². The van der Waals surface area contributed by atoms with Crippen LogP contribution in [0.2, 0.25) is 5.02 Å². The number of methoxy groups -OCH3 is 1. The quantitative estimate of drug-likeness (QED) is 0.748. The molecular weight excluding hydrogens is 368 g/mol. The van der Waals surface area contributed by atoms with Crippen molar-refractivity contribution in [3.05, 3.63) is 52.8 Å². The molecule has 1 aliphatic rings. The number of nitrogens with zero attached hydrogens (tertiary/aromatic N) is 2. The third kappa shape index (κ3) is 4.88. The number of nitrogens with two attached hydrogens (primary N) is 1. The van der Waals surface area contributed by atoms with Gasteiger partial charge < -0.3 is 20.5 Å². The number of hydrogen-bond acceptors (Lipinski definition) is 6. The van der Waals surface area contributed by atoms with E-state index in [0.29, 0.717) is 23.1 Å². The summed E-state index contributed by atoms with van der Waals surface area (Å²) >= 11 is 6.37. The summed E-state index contributed by atoms with van der Waals surface area (Å²) in [6, 6.07) is 8.05. The third-order valence-electron chi connectivity index (χ3n) is 4.48. The number of piperazine rings is 1. The van der Waals surface area contributed by atoms with E-state index < -0.39 is 5.91 Å². The van der Waals surface area contributed by atoms with Crippen molar-refractivity contribution in [2.75, 3.05) is 33.4 Å². The summed E-state index contributed by atoms with van der Waals surface area (Å²) in [5.41, 5.74) is 7.36. The number of benzene rings is 1. The van der Waals surface area contributed by atoms with Crippen molar-refractivity contribution in [1.82, 2.24) is 15.2 Å². The van der Waals surface area contributed by atoms with Gasteiger partial charge in [-0.2, -0.15) is 0 Å². The fraction of sp³-hybridized carbons (Fsp3) is 0.368. The van der Waals surface area contributed by atoms with Gasteiger partial charge in [-0.25, -0.2) is 0 Å². The normalized spacial score (nSPS) is 17.5. The smallest absolute Gasteiger partial charge is 0.255 e. The molecule has 2 aromatic rings. The Balaban J connectivity index is 1.81. The van der Waals surface area contributed by atoms with Gasteiger partial charge in [-0.1, -0.05) is 11.6 Å². The summed E-state index contributed by atoms with van der Waals surface area (Å²) in [6.45, 7) is 3.16. The van der Waals surface area contributed by atoms with E-state index in [1.54, 1.807) is 0 Å². The van der Waals surface area contributed by atoms with Crippen LogP contribution in [0.4, 0.5) is 0 Å². The second kappa shape index (κ2) is 9.03. The lowest BCUT2D eigenvalue weighted by Gasteiger charge is -2.36. The van der Waals surface area contributed by atoms with E-state index in [-0.39, 0.29) is 12.6 Å². The predicted molar refractivity (Wildman–Crippen MR) is 103 cm³/mol. The summed E-state index contributed by atoms with van der Waals surface area (Å²) < 4.78 is 10.8. The number of carbonyl (C=O) groups is 1. The highest BCUT2D eigenvalue weighted by molar-refractivity contribution is 6.32. The van der Waals surface area contributed by atoms with Crippen LogP contribution in [0.15, 0.2) is 36.7 Å². The highest BCUT2D eigenvalue weighted by Crippen LogP contribution is 2.37. The van der Waals surface area contributed by atoms with Gasteiger partial charge in [0, 0.05) is 44.6 Å². The molecule has 0 radical (unpaired) electrons. The number of amides is 1. The molecule has 3 rings (SSSR count). The zero-order valence-corrected chi connectivity index (χ0v) is 15.9. The molecule has 1 saturated heterocycles. The molecule has 1 aromatic heterocycles. The molecule has 1 aliphatic heterocycles. The van der Waals surface area contributed by atoms with E-state index in [1.807, 2.05) is 36.7 Å². The molecule has 2 heterocycles. The summed E-state index contributed by atoms with van der Waals surface area (Å²) in [4.78, 5) is 17.5. The van der Waals surface area contributed by atoms with Crippen molar-refractivity contribution in [1.29, 1.82) is 0 Å². The number of rotatable bonds is 7. The Hall–Kier alpha value is -2.35. The lowest BCUT2D eigenvalue weighted by atomic mass is 10.0. The van der Waals surface area contributed by atoms with E-state index >= 15 is 0 Å². The van der Waals surface area contributed by atoms with Crippen molar-refractivity contribution < 1.29 is 14.3 Å². The first kappa shape index (κ1) is 19.4. The van der Waals surface area contributed by atoms with Crippen LogP contribution in [0.1, 0.15) is 17.2 Å². The van der Waals surface area contributed by atoms with E-state index in [9.17, 15) is 4.79 Å². The highest BCUT2D eigenvalue weighted by Gasteiger charge is 2.24. The monoisotopic (exact) mass is 390 g/mol.